The fourth-order valence-corrected chi connectivity index (χ4v) is 2.56. The lowest BCUT2D eigenvalue weighted by Crippen LogP contribution is -2.48. The van der Waals surface area contributed by atoms with Gasteiger partial charge in [0.1, 0.15) is 0 Å². The topological polar surface area (TPSA) is 35.6 Å². The number of hydrogen-bond acceptors (Lipinski definition) is 3. The number of likely N-dealkylation sites (N-methyl/N-ethyl adjacent to an activating group) is 1. The van der Waals surface area contributed by atoms with Gasteiger partial charge in [0.25, 0.3) is 0 Å². The highest BCUT2D eigenvalue weighted by Crippen LogP contribution is 2.10. The van der Waals surface area contributed by atoms with Crippen LogP contribution < -0.4 is 5.32 Å². The monoisotopic (exact) mass is 255 g/mol. The summed E-state index contributed by atoms with van der Waals surface area (Å²) in [4.78, 5) is 16.5. The average Bonchev–Trinajstić information content (AvgIpc) is 2.90. The Morgan fingerprint density at radius 1 is 1.22 bits per heavy atom. The molecule has 1 amide bonds. The second-order valence-electron chi connectivity index (χ2n) is 5.23. The summed E-state index contributed by atoms with van der Waals surface area (Å²) in [5, 5.41) is 3.38. The average molecular weight is 255 g/mol. The van der Waals surface area contributed by atoms with E-state index in [0.29, 0.717) is 6.04 Å². The molecule has 0 aromatic rings. The Kier molecular flexibility index (Phi) is 6.65. The van der Waals surface area contributed by atoms with Gasteiger partial charge in [-0.05, 0) is 53.6 Å². The largest absolute Gasteiger partial charge is 0.342 e. The molecule has 2 unspecified atom stereocenters. The zero-order valence-corrected chi connectivity index (χ0v) is 12.4. The molecular weight excluding hydrogens is 226 g/mol. The molecule has 1 aliphatic rings. The van der Waals surface area contributed by atoms with Crippen LogP contribution in [0.1, 0.15) is 40.5 Å². The Hall–Kier alpha value is -0.610. The van der Waals surface area contributed by atoms with Crippen molar-refractivity contribution in [2.45, 2.75) is 52.6 Å². The lowest BCUT2D eigenvalue weighted by molar-refractivity contribution is -0.132. The smallest absolute Gasteiger partial charge is 0.239 e. The molecule has 1 heterocycles. The number of nitrogens with one attached hydrogen (secondary N) is 1. The van der Waals surface area contributed by atoms with Gasteiger partial charge in [-0.3, -0.25) is 9.69 Å². The maximum absolute atomic E-state index is 12.1. The summed E-state index contributed by atoms with van der Waals surface area (Å²) in [6.07, 6.45) is 2.64. The van der Waals surface area contributed by atoms with Gasteiger partial charge in [-0.2, -0.15) is 0 Å². The van der Waals surface area contributed by atoms with Crippen molar-refractivity contribution in [1.29, 1.82) is 0 Å². The van der Waals surface area contributed by atoms with Gasteiger partial charge in [-0.15, -0.1) is 0 Å². The zero-order chi connectivity index (χ0) is 13.5. The molecule has 0 aliphatic carbocycles. The van der Waals surface area contributed by atoms with Crippen LogP contribution in [0.4, 0.5) is 0 Å². The number of nitrogens with zero attached hydrogens (tertiary/aromatic N) is 2. The minimum atomic E-state index is -0.0741. The van der Waals surface area contributed by atoms with E-state index in [1.807, 2.05) is 25.7 Å². The van der Waals surface area contributed by atoms with Crippen molar-refractivity contribution >= 4 is 5.91 Å². The normalized spacial score (nSPS) is 19.8. The quantitative estimate of drug-likeness (QED) is 0.745. The summed E-state index contributed by atoms with van der Waals surface area (Å²) in [7, 11) is 0. The van der Waals surface area contributed by atoms with Crippen molar-refractivity contribution in [1.82, 2.24) is 15.1 Å². The Bertz CT molecular complexity index is 247. The van der Waals surface area contributed by atoms with Gasteiger partial charge >= 0.3 is 0 Å². The first-order valence-corrected chi connectivity index (χ1v) is 7.36. The minimum absolute atomic E-state index is 0.0741. The number of hydrogen-bond donors (Lipinski definition) is 1. The van der Waals surface area contributed by atoms with Crippen molar-refractivity contribution in [2.75, 3.05) is 32.7 Å². The van der Waals surface area contributed by atoms with E-state index < -0.39 is 0 Å². The SMILES string of the molecule is CCN(CC)C(=O)C(C)NCC(C)N1CCCC1. The van der Waals surface area contributed by atoms with Crippen LogP contribution in [0, 0.1) is 0 Å². The van der Waals surface area contributed by atoms with Gasteiger partial charge < -0.3 is 10.2 Å². The van der Waals surface area contributed by atoms with Gasteiger partial charge in [0.2, 0.25) is 5.91 Å². The van der Waals surface area contributed by atoms with Crippen molar-refractivity contribution in [3.63, 3.8) is 0 Å². The number of amides is 1. The molecule has 18 heavy (non-hydrogen) atoms. The van der Waals surface area contributed by atoms with Gasteiger partial charge in [0.15, 0.2) is 0 Å². The summed E-state index contributed by atoms with van der Waals surface area (Å²) in [5.74, 6) is 0.216. The first-order valence-electron chi connectivity index (χ1n) is 7.36. The van der Waals surface area contributed by atoms with Crippen LogP contribution in [0.5, 0.6) is 0 Å². The summed E-state index contributed by atoms with van der Waals surface area (Å²) in [5.41, 5.74) is 0. The fourth-order valence-electron chi connectivity index (χ4n) is 2.56. The van der Waals surface area contributed by atoms with Gasteiger partial charge in [0.05, 0.1) is 6.04 Å². The molecule has 1 N–H and O–H groups in total. The molecular formula is C14H29N3O. The van der Waals surface area contributed by atoms with Gasteiger partial charge in [-0.25, -0.2) is 0 Å². The fraction of sp³-hybridized carbons (Fsp3) is 0.929. The van der Waals surface area contributed by atoms with E-state index in [2.05, 4.69) is 17.1 Å². The second-order valence-corrected chi connectivity index (χ2v) is 5.23. The molecule has 106 valence electrons. The molecule has 0 bridgehead atoms. The number of rotatable bonds is 7. The highest BCUT2D eigenvalue weighted by atomic mass is 16.2. The Morgan fingerprint density at radius 2 is 1.78 bits per heavy atom. The third-order valence-corrected chi connectivity index (χ3v) is 3.93. The number of carbonyl (C=O) groups is 1. The van der Waals surface area contributed by atoms with Crippen molar-refractivity contribution < 1.29 is 4.79 Å². The van der Waals surface area contributed by atoms with E-state index in [1.54, 1.807) is 0 Å². The highest BCUT2D eigenvalue weighted by molar-refractivity contribution is 5.81. The van der Waals surface area contributed by atoms with Crippen molar-refractivity contribution in [3.05, 3.63) is 0 Å². The van der Waals surface area contributed by atoms with Crippen LogP contribution in [0.3, 0.4) is 0 Å². The van der Waals surface area contributed by atoms with Crippen LogP contribution in [0.15, 0.2) is 0 Å². The highest BCUT2D eigenvalue weighted by Gasteiger charge is 2.21. The molecule has 0 aromatic carbocycles. The van der Waals surface area contributed by atoms with E-state index in [-0.39, 0.29) is 11.9 Å². The molecule has 4 nitrogen and oxygen atoms in total. The molecule has 1 aliphatic heterocycles. The summed E-state index contributed by atoms with van der Waals surface area (Å²) in [6, 6.07) is 0.453. The Balaban J connectivity index is 2.30. The van der Waals surface area contributed by atoms with E-state index in [0.717, 1.165) is 19.6 Å². The lowest BCUT2D eigenvalue weighted by Gasteiger charge is -2.27. The molecule has 0 radical (unpaired) electrons. The molecule has 0 spiro atoms. The first-order chi connectivity index (χ1) is 8.60. The van der Waals surface area contributed by atoms with E-state index >= 15 is 0 Å². The molecule has 1 saturated heterocycles. The number of likely N-dealkylation sites (tertiary alicyclic amines) is 1. The molecule has 0 saturated carbocycles. The van der Waals surface area contributed by atoms with Crippen LogP contribution >= 0.6 is 0 Å². The van der Waals surface area contributed by atoms with Crippen LogP contribution in [0.2, 0.25) is 0 Å². The zero-order valence-electron chi connectivity index (χ0n) is 12.4. The molecule has 1 rings (SSSR count). The Labute approximate surface area is 112 Å². The lowest BCUT2D eigenvalue weighted by atomic mass is 10.2. The van der Waals surface area contributed by atoms with E-state index in [9.17, 15) is 4.79 Å². The maximum atomic E-state index is 12.1. The molecule has 1 fully saturated rings. The minimum Gasteiger partial charge on any atom is -0.342 e. The van der Waals surface area contributed by atoms with Gasteiger partial charge in [-0.1, -0.05) is 0 Å². The standard InChI is InChI=1S/C14H29N3O/c1-5-16(6-2)14(18)13(4)15-11-12(3)17-9-7-8-10-17/h12-13,15H,5-11H2,1-4H3. The predicted octanol–water partition coefficient (Wildman–Crippen LogP) is 1.32. The summed E-state index contributed by atoms with van der Waals surface area (Å²) >= 11 is 0. The van der Waals surface area contributed by atoms with E-state index in [4.69, 9.17) is 0 Å². The number of carbonyl (C=O) groups excluding carboxylic acids is 1. The molecule has 2 atom stereocenters. The van der Waals surface area contributed by atoms with Crippen molar-refractivity contribution in [3.8, 4) is 0 Å². The summed E-state index contributed by atoms with van der Waals surface area (Å²) < 4.78 is 0. The second kappa shape index (κ2) is 7.74. The van der Waals surface area contributed by atoms with Gasteiger partial charge in [0, 0.05) is 25.7 Å². The maximum Gasteiger partial charge on any atom is 0.239 e. The predicted molar refractivity (Wildman–Crippen MR) is 75.7 cm³/mol. The molecule has 0 aromatic heterocycles. The third kappa shape index (κ3) is 4.25. The third-order valence-electron chi connectivity index (χ3n) is 3.93. The first kappa shape index (κ1) is 15.4. The molecule has 4 heteroatoms. The van der Waals surface area contributed by atoms with Crippen LogP contribution in [-0.2, 0) is 4.79 Å². The summed E-state index contributed by atoms with van der Waals surface area (Å²) in [6.45, 7) is 13.2. The van der Waals surface area contributed by atoms with Crippen LogP contribution in [0.25, 0.3) is 0 Å². The van der Waals surface area contributed by atoms with E-state index in [1.165, 1.54) is 25.9 Å². The Morgan fingerprint density at radius 3 is 2.28 bits per heavy atom. The van der Waals surface area contributed by atoms with Crippen LogP contribution in [-0.4, -0.2) is 60.5 Å². The van der Waals surface area contributed by atoms with Crippen molar-refractivity contribution in [2.24, 2.45) is 0 Å².